The third-order valence-corrected chi connectivity index (χ3v) is 7.20. The van der Waals surface area contributed by atoms with Crippen LogP contribution in [0, 0.1) is 11.3 Å². The van der Waals surface area contributed by atoms with E-state index in [0.717, 1.165) is 34.7 Å². The molecule has 1 aliphatic carbocycles. The highest BCUT2D eigenvalue weighted by Crippen LogP contribution is 2.40. The lowest BCUT2D eigenvalue weighted by Crippen LogP contribution is -2.30. The van der Waals surface area contributed by atoms with E-state index < -0.39 is 0 Å². The molecule has 1 aromatic heterocycles. The standard InChI is InChI=1S/C27H28N2O3S/c28-15-23-24(21-10-11-25-26(14-21)31-13-12-30-25)18-33-27(23)32-17-20-8-6-19(7-9-20)16-29-22-4-2-1-3-5-22/h6-11,14,18,22,29H,1-5,12-13,16-17H2. The topological polar surface area (TPSA) is 63.5 Å². The largest absolute Gasteiger partial charge is 0.486 e. The highest BCUT2D eigenvalue weighted by molar-refractivity contribution is 7.12. The van der Waals surface area contributed by atoms with Gasteiger partial charge in [-0.2, -0.15) is 5.26 Å². The molecule has 1 N–H and O–H groups in total. The van der Waals surface area contributed by atoms with Gasteiger partial charge in [0.25, 0.3) is 0 Å². The van der Waals surface area contributed by atoms with Crippen LogP contribution < -0.4 is 19.5 Å². The van der Waals surface area contributed by atoms with Crippen molar-refractivity contribution in [3.05, 3.63) is 64.5 Å². The predicted molar refractivity (Wildman–Crippen MR) is 130 cm³/mol. The van der Waals surface area contributed by atoms with Gasteiger partial charge < -0.3 is 19.5 Å². The zero-order valence-electron chi connectivity index (χ0n) is 18.6. The van der Waals surface area contributed by atoms with E-state index in [9.17, 15) is 5.26 Å². The highest BCUT2D eigenvalue weighted by atomic mass is 32.1. The SMILES string of the molecule is N#Cc1c(-c2ccc3c(c2)OCCO3)csc1OCc1ccc(CNC2CCCCC2)cc1. The summed E-state index contributed by atoms with van der Waals surface area (Å²) in [5.41, 5.74) is 4.73. The maximum atomic E-state index is 9.80. The quantitative estimate of drug-likeness (QED) is 0.464. The van der Waals surface area contributed by atoms with Crippen LogP contribution >= 0.6 is 11.3 Å². The molecule has 1 aliphatic heterocycles. The average molecular weight is 461 g/mol. The molecular formula is C27H28N2O3S. The van der Waals surface area contributed by atoms with Crippen LogP contribution in [-0.2, 0) is 13.2 Å². The zero-order chi connectivity index (χ0) is 22.5. The lowest BCUT2D eigenvalue weighted by molar-refractivity contribution is 0.171. The zero-order valence-corrected chi connectivity index (χ0v) is 19.5. The minimum atomic E-state index is 0.437. The number of thiophene rings is 1. The Kier molecular flexibility index (Phi) is 6.80. The summed E-state index contributed by atoms with van der Waals surface area (Å²) in [5.74, 6) is 1.46. The maximum absolute atomic E-state index is 9.80. The van der Waals surface area contributed by atoms with Crippen molar-refractivity contribution < 1.29 is 14.2 Å². The lowest BCUT2D eigenvalue weighted by atomic mass is 9.95. The first-order chi connectivity index (χ1) is 16.3. The predicted octanol–water partition coefficient (Wildman–Crippen LogP) is 6.06. The third kappa shape index (κ3) is 5.16. The molecule has 0 bridgehead atoms. The maximum Gasteiger partial charge on any atom is 0.192 e. The van der Waals surface area contributed by atoms with Crippen molar-refractivity contribution in [1.82, 2.24) is 5.32 Å². The van der Waals surface area contributed by atoms with Crippen LogP contribution in [-0.4, -0.2) is 19.3 Å². The summed E-state index contributed by atoms with van der Waals surface area (Å²) < 4.78 is 17.3. The molecule has 2 aromatic carbocycles. The second kappa shape index (κ2) is 10.3. The summed E-state index contributed by atoms with van der Waals surface area (Å²) in [7, 11) is 0. The molecule has 0 amide bonds. The van der Waals surface area contributed by atoms with E-state index in [1.54, 1.807) is 0 Å². The Morgan fingerprint density at radius 2 is 1.73 bits per heavy atom. The third-order valence-electron chi connectivity index (χ3n) is 6.32. The number of fused-ring (bicyclic) bond motifs is 1. The van der Waals surface area contributed by atoms with Crippen molar-refractivity contribution in [2.24, 2.45) is 0 Å². The van der Waals surface area contributed by atoms with Crippen molar-refractivity contribution in [2.45, 2.75) is 51.3 Å². The monoisotopic (exact) mass is 460 g/mol. The fourth-order valence-corrected chi connectivity index (χ4v) is 5.33. The molecule has 2 aliphatic rings. The Morgan fingerprint density at radius 1 is 0.970 bits per heavy atom. The van der Waals surface area contributed by atoms with Crippen molar-refractivity contribution >= 4 is 11.3 Å². The molecule has 0 radical (unpaired) electrons. The van der Waals surface area contributed by atoms with Gasteiger partial charge in [-0.1, -0.05) is 49.6 Å². The Labute approximate surface area is 198 Å². The van der Waals surface area contributed by atoms with Gasteiger partial charge in [-0.05, 0) is 41.7 Å². The van der Waals surface area contributed by atoms with Crippen molar-refractivity contribution in [1.29, 1.82) is 5.26 Å². The molecule has 1 fully saturated rings. The molecule has 6 heteroatoms. The van der Waals surface area contributed by atoms with Crippen molar-refractivity contribution in [3.8, 4) is 33.8 Å². The summed E-state index contributed by atoms with van der Waals surface area (Å²) in [4.78, 5) is 0. The Bertz CT molecular complexity index is 1130. The molecular weight excluding hydrogens is 432 g/mol. The summed E-state index contributed by atoms with van der Waals surface area (Å²) in [6.45, 7) is 2.44. The van der Waals surface area contributed by atoms with E-state index in [1.807, 2.05) is 23.6 Å². The van der Waals surface area contributed by atoms with Gasteiger partial charge in [0, 0.05) is 23.5 Å². The lowest BCUT2D eigenvalue weighted by Gasteiger charge is -2.22. The Morgan fingerprint density at radius 3 is 2.52 bits per heavy atom. The highest BCUT2D eigenvalue weighted by Gasteiger charge is 2.18. The first-order valence-corrected chi connectivity index (χ1v) is 12.5. The molecule has 5 nitrogen and oxygen atoms in total. The van der Waals surface area contributed by atoms with E-state index in [4.69, 9.17) is 14.2 Å². The fourth-order valence-electron chi connectivity index (χ4n) is 4.45. The van der Waals surface area contributed by atoms with E-state index >= 15 is 0 Å². The normalized spacial score (nSPS) is 15.7. The second-order valence-electron chi connectivity index (χ2n) is 8.60. The van der Waals surface area contributed by atoms with Crippen LogP contribution in [0.1, 0.15) is 48.8 Å². The van der Waals surface area contributed by atoms with Crippen LogP contribution in [0.5, 0.6) is 16.6 Å². The molecule has 3 aromatic rings. The molecule has 0 saturated heterocycles. The average Bonchev–Trinajstić information content (AvgIpc) is 3.30. The molecule has 1 saturated carbocycles. The van der Waals surface area contributed by atoms with Crippen LogP contribution in [0.4, 0.5) is 0 Å². The molecule has 2 heterocycles. The van der Waals surface area contributed by atoms with Gasteiger partial charge in [0.05, 0.1) is 0 Å². The molecule has 170 valence electrons. The number of nitriles is 1. The molecule has 0 spiro atoms. The molecule has 33 heavy (non-hydrogen) atoms. The van der Waals surface area contributed by atoms with Crippen LogP contribution in [0.15, 0.2) is 47.8 Å². The second-order valence-corrected chi connectivity index (χ2v) is 9.45. The van der Waals surface area contributed by atoms with Gasteiger partial charge in [-0.3, -0.25) is 0 Å². The number of hydrogen-bond acceptors (Lipinski definition) is 6. The first kappa shape index (κ1) is 21.8. The number of nitrogens with zero attached hydrogens (tertiary/aromatic N) is 1. The van der Waals surface area contributed by atoms with Crippen LogP contribution in [0.3, 0.4) is 0 Å². The minimum Gasteiger partial charge on any atom is -0.486 e. The number of hydrogen-bond donors (Lipinski definition) is 1. The van der Waals surface area contributed by atoms with Crippen molar-refractivity contribution in [2.75, 3.05) is 13.2 Å². The summed E-state index contributed by atoms with van der Waals surface area (Å²) in [6, 6.07) is 17.3. The van der Waals surface area contributed by atoms with Gasteiger partial charge in [-0.15, -0.1) is 11.3 Å². The van der Waals surface area contributed by atoms with E-state index in [2.05, 4.69) is 35.7 Å². The van der Waals surface area contributed by atoms with Gasteiger partial charge in [0.15, 0.2) is 16.6 Å². The number of benzene rings is 2. The van der Waals surface area contributed by atoms with E-state index in [-0.39, 0.29) is 0 Å². The number of ether oxygens (including phenoxy) is 3. The van der Waals surface area contributed by atoms with Gasteiger partial charge in [0.2, 0.25) is 0 Å². The minimum absolute atomic E-state index is 0.437. The summed E-state index contributed by atoms with van der Waals surface area (Å²) >= 11 is 1.45. The molecule has 5 rings (SSSR count). The van der Waals surface area contributed by atoms with Crippen LogP contribution in [0.25, 0.3) is 11.1 Å². The smallest absolute Gasteiger partial charge is 0.192 e. The Balaban J connectivity index is 1.21. The first-order valence-electron chi connectivity index (χ1n) is 11.7. The van der Waals surface area contributed by atoms with Gasteiger partial charge in [0.1, 0.15) is 31.5 Å². The van der Waals surface area contributed by atoms with Crippen LogP contribution in [0.2, 0.25) is 0 Å². The number of rotatable bonds is 7. The van der Waals surface area contributed by atoms with E-state index in [1.165, 1.54) is 49.0 Å². The number of nitrogens with one attached hydrogen (secondary N) is 1. The van der Waals surface area contributed by atoms with Gasteiger partial charge in [-0.25, -0.2) is 0 Å². The summed E-state index contributed by atoms with van der Waals surface area (Å²) in [5, 5.41) is 16.1. The summed E-state index contributed by atoms with van der Waals surface area (Å²) in [6.07, 6.45) is 6.66. The van der Waals surface area contributed by atoms with Gasteiger partial charge >= 0.3 is 0 Å². The van der Waals surface area contributed by atoms with Crippen molar-refractivity contribution in [3.63, 3.8) is 0 Å². The van der Waals surface area contributed by atoms with E-state index in [0.29, 0.717) is 36.5 Å². The molecule has 0 atom stereocenters. The fraction of sp³-hybridized carbons (Fsp3) is 0.370. The Hall–Kier alpha value is -3.01. The molecule has 0 unspecified atom stereocenters.